The average Bonchev–Trinajstić information content (AvgIpc) is 2.57. The zero-order chi connectivity index (χ0) is 12.6. The molecule has 1 unspecified atom stereocenters. The smallest absolute Gasteiger partial charge is 0.330 e. The van der Waals surface area contributed by atoms with Gasteiger partial charge in [-0.3, -0.25) is 14.3 Å². The molecule has 0 amide bonds. The Hall–Kier alpha value is -1.48. The Morgan fingerprint density at radius 2 is 2.06 bits per heavy atom. The molecular weight excluding hydrogens is 233 g/mol. The molecule has 8 heteroatoms. The fraction of sp³-hybridized carbons (Fsp3) is 0.556. The standard InChI is InChI=1S/C9H12N2O6/c12-3-4-6(14)7(15)8(17-4)11-2-1-5(13)10-9(11)16/h1-2,4,6-8,12,14-15H,3H2,(H,10,13,16)/t4-,6?,7+,8-/m1/s1/i9+1. The summed E-state index contributed by atoms with van der Waals surface area (Å²) in [7, 11) is 0. The minimum absolute atomic E-state index is 0.479. The van der Waals surface area contributed by atoms with E-state index in [9.17, 15) is 19.8 Å². The summed E-state index contributed by atoms with van der Waals surface area (Å²) in [5, 5.41) is 28.1. The lowest BCUT2D eigenvalue weighted by molar-refractivity contribution is -0.0550. The van der Waals surface area contributed by atoms with E-state index in [1.165, 1.54) is 0 Å². The van der Waals surface area contributed by atoms with Crippen LogP contribution < -0.4 is 11.2 Å². The Morgan fingerprint density at radius 1 is 1.35 bits per heavy atom. The topological polar surface area (TPSA) is 125 Å². The number of nitrogens with one attached hydrogen (secondary N) is 1. The quantitative estimate of drug-likeness (QED) is 0.444. The van der Waals surface area contributed by atoms with Crippen molar-refractivity contribution in [2.75, 3.05) is 6.61 Å². The molecule has 0 saturated carbocycles. The zero-order valence-electron chi connectivity index (χ0n) is 8.68. The Bertz CT molecular complexity index is 509. The lowest BCUT2D eigenvalue weighted by Gasteiger charge is -2.16. The summed E-state index contributed by atoms with van der Waals surface area (Å²) in [6.45, 7) is -0.479. The van der Waals surface area contributed by atoms with Gasteiger partial charge in [0.2, 0.25) is 0 Å². The molecular formula is C9H12N2O6. The van der Waals surface area contributed by atoms with Gasteiger partial charge in [0.25, 0.3) is 5.56 Å². The van der Waals surface area contributed by atoms with Crippen molar-refractivity contribution < 1.29 is 20.1 Å². The maximum absolute atomic E-state index is 11.4. The summed E-state index contributed by atoms with van der Waals surface area (Å²) >= 11 is 0. The number of aliphatic hydroxyl groups is 3. The van der Waals surface area contributed by atoms with Gasteiger partial charge in [0.1, 0.15) is 18.3 Å². The first kappa shape index (κ1) is 12.0. The van der Waals surface area contributed by atoms with Crippen LogP contribution in [0, 0.1) is 0 Å². The first-order chi connectivity index (χ1) is 8.04. The summed E-state index contributed by atoms with van der Waals surface area (Å²) in [4.78, 5) is 24.3. The van der Waals surface area contributed by atoms with Crippen molar-refractivity contribution in [3.63, 3.8) is 0 Å². The summed E-state index contributed by atoms with van der Waals surface area (Å²) in [6.07, 6.45) is -3.58. The van der Waals surface area contributed by atoms with Crippen LogP contribution >= 0.6 is 0 Å². The van der Waals surface area contributed by atoms with E-state index in [1.807, 2.05) is 4.98 Å². The molecule has 0 spiro atoms. The Kier molecular flexibility index (Phi) is 3.11. The van der Waals surface area contributed by atoms with E-state index in [0.717, 1.165) is 16.8 Å². The minimum Gasteiger partial charge on any atom is -0.394 e. The van der Waals surface area contributed by atoms with Crippen molar-refractivity contribution in [1.82, 2.24) is 9.55 Å². The number of ether oxygens (including phenoxy) is 1. The number of nitrogens with zero attached hydrogens (tertiary/aromatic N) is 1. The fourth-order valence-corrected chi connectivity index (χ4v) is 1.74. The number of aromatic nitrogens is 2. The molecule has 8 nitrogen and oxygen atoms in total. The van der Waals surface area contributed by atoms with E-state index in [1.54, 1.807) is 0 Å². The molecule has 1 aromatic rings. The highest BCUT2D eigenvalue weighted by Crippen LogP contribution is 2.27. The SMILES string of the molecule is O=c1ccn([C@@H]2O[C@H](CO)C(O)[C@@H]2O)[13c](=O)[nH]1. The molecule has 0 bridgehead atoms. The third-order valence-electron chi connectivity index (χ3n) is 2.64. The molecule has 1 aliphatic rings. The fourth-order valence-electron chi connectivity index (χ4n) is 1.74. The van der Waals surface area contributed by atoms with E-state index in [4.69, 9.17) is 9.84 Å². The van der Waals surface area contributed by atoms with Gasteiger partial charge in [0, 0.05) is 12.3 Å². The highest BCUT2D eigenvalue weighted by atomic mass is 16.6. The van der Waals surface area contributed by atoms with E-state index in [0.29, 0.717) is 0 Å². The van der Waals surface area contributed by atoms with Crippen LogP contribution in [0.5, 0.6) is 0 Å². The lowest BCUT2D eigenvalue weighted by Crippen LogP contribution is -2.37. The molecule has 2 heterocycles. The van der Waals surface area contributed by atoms with Gasteiger partial charge in [-0.15, -0.1) is 0 Å². The predicted octanol–water partition coefficient (Wildman–Crippen LogP) is -2.85. The maximum atomic E-state index is 11.4. The second-order valence-corrected chi connectivity index (χ2v) is 3.75. The van der Waals surface area contributed by atoms with Crippen molar-refractivity contribution in [1.29, 1.82) is 0 Å². The van der Waals surface area contributed by atoms with Crippen LogP contribution in [0.3, 0.4) is 0 Å². The molecule has 0 aliphatic carbocycles. The number of aliphatic hydroxyl groups excluding tert-OH is 3. The van der Waals surface area contributed by atoms with Crippen molar-refractivity contribution in [3.8, 4) is 0 Å². The van der Waals surface area contributed by atoms with Crippen molar-refractivity contribution >= 4 is 0 Å². The monoisotopic (exact) mass is 245 g/mol. The Labute approximate surface area is 94.7 Å². The van der Waals surface area contributed by atoms with Crippen molar-refractivity contribution in [2.24, 2.45) is 0 Å². The minimum atomic E-state index is -1.35. The van der Waals surface area contributed by atoms with Gasteiger partial charge in [-0.1, -0.05) is 0 Å². The van der Waals surface area contributed by atoms with Crippen LogP contribution in [0.4, 0.5) is 0 Å². The van der Waals surface area contributed by atoms with Gasteiger partial charge < -0.3 is 20.1 Å². The van der Waals surface area contributed by atoms with Gasteiger partial charge in [-0.25, -0.2) is 4.79 Å². The number of rotatable bonds is 2. The Balaban J connectivity index is 2.35. The van der Waals surface area contributed by atoms with Crippen LogP contribution in [0.2, 0.25) is 0 Å². The lowest BCUT2D eigenvalue weighted by atomic mass is 10.1. The molecule has 0 radical (unpaired) electrons. The average molecular weight is 245 g/mol. The van der Waals surface area contributed by atoms with Gasteiger partial charge in [-0.05, 0) is 0 Å². The Morgan fingerprint density at radius 3 is 2.59 bits per heavy atom. The molecule has 1 fully saturated rings. The molecule has 0 aromatic carbocycles. The summed E-state index contributed by atoms with van der Waals surface area (Å²) < 4.78 is 6.08. The van der Waals surface area contributed by atoms with Crippen LogP contribution in [0.1, 0.15) is 6.23 Å². The van der Waals surface area contributed by atoms with Crippen LogP contribution in [-0.2, 0) is 4.74 Å². The molecule has 4 atom stereocenters. The van der Waals surface area contributed by atoms with Gasteiger partial charge >= 0.3 is 5.69 Å². The highest BCUT2D eigenvalue weighted by Gasteiger charge is 2.43. The van der Waals surface area contributed by atoms with E-state index < -0.39 is 42.4 Å². The molecule has 1 aliphatic heterocycles. The van der Waals surface area contributed by atoms with Gasteiger partial charge in [0.05, 0.1) is 6.61 Å². The van der Waals surface area contributed by atoms with E-state index in [2.05, 4.69) is 0 Å². The largest absolute Gasteiger partial charge is 0.394 e. The molecule has 1 saturated heterocycles. The zero-order valence-corrected chi connectivity index (χ0v) is 8.68. The van der Waals surface area contributed by atoms with Crippen LogP contribution in [0.25, 0.3) is 0 Å². The summed E-state index contributed by atoms with van der Waals surface area (Å²) in [5.74, 6) is 0. The third-order valence-corrected chi connectivity index (χ3v) is 2.64. The predicted molar refractivity (Wildman–Crippen MR) is 54.3 cm³/mol. The van der Waals surface area contributed by atoms with Crippen molar-refractivity contribution in [2.45, 2.75) is 24.5 Å². The molecule has 4 N–H and O–H groups in total. The van der Waals surface area contributed by atoms with E-state index in [-0.39, 0.29) is 0 Å². The third kappa shape index (κ3) is 2.03. The summed E-state index contributed by atoms with van der Waals surface area (Å²) in [5.41, 5.74) is -1.33. The molecule has 2 rings (SSSR count). The molecule has 17 heavy (non-hydrogen) atoms. The second-order valence-electron chi connectivity index (χ2n) is 3.75. The first-order valence-corrected chi connectivity index (χ1v) is 4.98. The van der Waals surface area contributed by atoms with Gasteiger partial charge in [0.15, 0.2) is 6.23 Å². The molecule has 1 aromatic heterocycles. The van der Waals surface area contributed by atoms with Gasteiger partial charge in [-0.2, -0.15) is 0 Å². The number of hydrogen-bond acceptors (Lipinski definition) is 6. The highest BCUT2D eigenvalue weighted by molar-refractivity contribution is 4.92. The summed E-state index contributed by atoms with van der Waals surface area (Å²) in [6, 6.07) is 1.09. The molecule has 94 valence electrons. The normalized spacial score (nSPS) is 32.9. The first-order valence-electron chi connectivity index (χ1n) is 4.98. The van der Waals surface area contributed by atoms with Crippen LogP contribution in [0.15, 0.2) is 21.9 Å². The number of aromatic amines is 1. The van der Waals surface area contributed by atoms with Crippen molar-refractivity contribution in [3.05, 3.63) is 33.1 Å². The maximum Gasteiger partial charge on any atom is 0.330 e. The van der Waals surface area contributed by atoms with E-state index >= 15 is 0 Å². The number of hydrogen-bond donors (Lipinski definition) is 4. The second kappa shape index (κ2) is 4.41. The van der Waals surface area contributed by atoms with Crippen LogP contribution in [-0.4, -0.2) is 49.8 Å². The number of H-pyrrole nitrogens is 1.